The molecule has 1 aliphatic carbocycles. The molecular formula is C11H14N6OS. The number of hydrogen-bond donors (Lipinski definition) is 2. The molecule has 0 radical (unpaired) electrons. The van der Waals surface area contributed by atoms with Crippen molar-refractivity contribution in [3.8, 4) is 0 Å². The van der Waals surface area contributed by atoms with Gasteiger partial charge in [0.15, 0.2) is 0 Å². The van der Waals surface area contributed by atoms with Gasteiger partial charge in [-0.2, -0.15) is 0 Å². The minimum absolute atomic E-state index is 0.455. The Balaban J connectivity index is 1.96. The summed E-state index contributed by atoms with van der Waals surface area (Å²) in [5.74, 6) is 7.98. The molecule has 1 fully saturated rings. The predicted octanol–water partition coefficient (Wildman–Crippen LogP) is 1.79. The molecule has 7 nitrogen and oxygen atoms in total. The first-order valence-electron chi connectivity index (χ1n) is 6.00. The first kappa shape index (κ1) is 12.4. The zero-order chi connectivity index (χ0) is 13.4. The standard InChI is InChI=1S/C11H14N6OS/c1-5-8(15-12)13-9(7-3-4-7)14-10(5)19-11-17-16-6(2)18-11/h7H,3-4,12H2,1-2H3,(H,13,14,15). The molecule has 1 aliphatic rings. The molecule has 1 saturated carbocycles. The highest BCUT2D eigenvalue weighted by Crippen LogP contribution is 2.40. The maximum Gasteiger partial charge on any atom is 0.282 e. The molecular weight excluding hydrogens is 264 g/mol. The second-order valence-corrected chi connectivity index (χ2v) is 5.41. The molecule has 0 atom stereocenters. The Bertz CT molecular complexity index is 609. The topological polar surface area (TPSA) is 103 Å². The SMILES string of the molecule is Cc1nnc(Sc2nc(C3CC3)nc(NN)c2C)o1. The van der Waals surface area contributed by atoms with E-state index in [0.717, 1.165) is 29.3 Å². The van der Waals surface area contributed by atoms with E-state index in [9.17, 15) is 0 Å². The number of aryl methyl sites for hydroxylation is 1. The van der Waals surface area contributed by atoms with Crippen molar-refractivity contribution < 1.29 is 4.42 Å². The molecule has 19 heavy (non-hydrogen) atoms. The van der Waals surface area contributed by atoms with Gasteiger partial charge in [-0.15, -0.1) is 10.2 Å². The molecule has 2 heterocycles. The highest BCUT2D eigenvalue weighted by molar-refractivity contribution is 7.99. The van der Waals surface area contributed by atoms with Gasteiger partial charge in [0.2, 0.25) is 5.89 Å². The van der Waals surface area contributed by atoms with Gasteiger partial charge in [0.1, 0.15) is 16.7 Å². The van der Waals surface area contributed by atoms with Crippen LogP contribution in [0.3, 0.4) is 0 Å². The first-order chi connectivity index (χ1) is 9.17. The van der Waals surface area contributed by atoms with E-state index < -0.39 is 0 Å². The van der Waals surface area contributed by atoms with E-state index in [1.807, 2.05) is 6.92 Å². The van der Waals surface area contributed by atoms with Crippen LogP contribution in [0.5, 0.6) is 0 Å². The Morgan fingerprint density at radius 2 is 2.05 bits per heavy atom. The van der Waals surface area contributed by atoms with Crippen LogP contribution in [-0.2, 0) is 0 Å². The third kappa shape index (κ3) is 2.54. The molecule has 8 heteroatoms. The molecule has 0 spiro atoms. The summed E-state index contributed by atoms with van der Waals surface area (Å²) in [5.41, 5.74) is 3.50. The predicted molar refractivity (Wildman–Crippen MR) is 69.7 cm³/mol. The van der Waals surface area contributed by atoms with E-state index >= 15 is 0 Å². The Hall–Kier alpha value is -1.67. The summed E-state index contributed by atoms with van der Waals surface area (Å²) in [6.07, 6.45) is 2.27. The molecule has 0 amide bonds. The smallest absolute Gasteiger partial charge is 0.282 e. The fourth-order valence-electron chi connectivity index (χ4n) is 1.68. The van der Waals surface area contributed by atoms with Gasteiger partial charge >= 0.3 is 0 Å². The van der Waals surface area contributed by atoms with Crippen LogP contribution < -0.4 is 11.3 Å². The molecule has 0 aromatic carbocycles. The van der Waals surface area contributed by atoms with Gasteiger partial charge in [-0.1, -0.05) is 0 Å². The fraction of sp³-hybridized carbons (Fsp3) is 0.455. The van der Waals surface area contributed by atoms with Crippen LogP contribution >= 0.6 is 11.8 Å². The number of hydrazine groups is 1. The molecule has 100 valence electrons. The Labute approximate surface area is 114 Å². The lowest BCUT2D eigenvalue weighted by Gasteiger charge is -2.09. The molecule has 3 N–H and O–H groups in total. The highest BCUT2D eigenvalue weighted by Gasteiger charge is 2.28. The van der Waals surface area contributed by atoms with E-state index in [4.69, 9.17) is 10.3 Å². The lowest BCUT2D eigenvalue weighted by molar-refractivity contribution is 0.429. The van der Waals surface area contributed by atoms with Crippen LogP contribution in [0.15, 0.2) is 14.7 Å². The van der Waals surface area contributed by atoms with Gasteiger partial charge in [-0.25, -0.2) is 15.8 Å². The van der Waals surface area contributed by atoms with Gasteiger partial charge < -0.3 is 9.84 Å². The van der Waals surface area contributed by atoms with Crippen LogP contribution in [0.2, 0.25) is 0 Å². The molecule has 3 rings (SSSR count). The van der Waals surface area contributed by atoms with Crippen LogP contribution in [0, 0.1) is 13.8 Å². The number of nitrogen functional groups attached to an aromatic ring is 1. The van der Waals surface area contributed by atoms with Crippen molar-refractivity contribution >= 4 is 17.6 Å². The summed E-state index contributed by atoms with van der Waals surface area (Å²) < 4.78 is 5.36. The molecule has 0 aliphatic heterocycles. The van der Waals surface area contributed by atoms with Gasteiger partial charge in [0.05, 0.1) is 0 Å². The number of nitrogens with one attached hydrogen (secondary N) is 1. The van der Waals surface area contributed by atoms with Crippen LogP contribution in [0.4, 0.5) is 5.82 Å². The minimum atomic E-state index is 0.455. The zero-order valence-corrected chi connectivity index (χ0v) is 11.5. The quantitative estimate of drug-likeness (QED) is 0.495. The Morgan fingerprint density at radius 3 is 2.63 bits per heavy atom. The monoisotopic (exact) mass is 278 g/mol. The highest BCUT2D eigenvalue weighted by atomic mass is 32.2. The normalized spacial score (nSPS) is 14.7. The summed E-state index contributed by atoms with van der Waals surface area (Å²) in [5, 5.41) is 9.04. The largest absolute Gasteiger partial charge is 0.416 e. The summed E-state index contributed by atoms with van der Waals surface area (Å²) >= 11 is 1.34. The maximum absolute atomic E-state index is 5.51. The number of anilines is 1. The molecule has 0 bridgehead atoms. The third-order valence-corrected chi connectivity index (χ3v) is 3.82. The van der Waals surface area contributed by atoms with E-state index in [1.165, 1.54) is 11.8 Å². The number of rotatable bonds is 4. The third-order valence-electron chi connectivity index (χ3n) is 2.89. The van der Waals surface area contributed by atoms with Crippen molar-refractivity contribution in [2.75, 3.05) is 5.43 Å². The second kappa shape index (κ2) is 4.78. The van der Waals surface area contributed by atoms with Crippen molar-refractivity contribution in [1.29, 1.82) is 0 Å². The van der Waals surface area contributed by atoms with Crippen molar-refractivity contribution in [2.45, 2.75) is 42.9 Å². The van der Waals surface area contributed by atoms with E-state index in [2.05, 4.69) is 25.6 Å². The molecule has 0 unspecified atom stereocenters. The number of aromatic nitrogens is 4. The number of nitrogens with zero attached hydrogens (tertiary/aromatic N) is 4. The lowest BCUT2D eigenvalue weighted by atomic mass is 10.3. The van der Waals surface area contributed by atoms with Gasteiger partial charge in [-0.05, 0) is 31.5 Å². The van der Waals surface area contributed by atoms with E-state index in [-0.39, 0.29) is 0 Å². The van der Waals surface area contributed by atoms with Gasteiger partial charge in [0.25, 0.3) is 5.22 Å². The van der Waals surface area contributed by atoms with Crippen molar-refractivity contribution in [2.24, 2.45) is 5.84 Å². The van der Waals surface area contributed by atoms with Gasteiger partial charge in [0, 0.05) is 18.4 Å². The lowest BCUT2D eigenvalue weighted by Crippen LogP contribution is -2.13. The van der Waals surface area contributed by atoms with Gasteiger partial charge in [-0.3, -0.25) is 0 Å². The number of hydrogen-bond acceptors (Lipinski definition) is 8. The van der Waals surface area contributed by atoms with E-state index in [0.29, 0.717) is 22.8 Å². The minimum Gasteiger partial charge on any atom is -0.416 e. The molecule has 0 saturated heterocycles. The summed E-state index contributed by atoms with van der Waals surface area (Å²) in [6, 6.07) is 0. The first-order valence-corrected chi connectivity index (χ1v) is 6.82. The number of nitrogens with two attached hydrogens (primary N) is 1. The van der Waals surface area contributed by atoms with E-state index in [1.54, 1.807) is 6.92 Å². The Morgan fingerprint density at radius 1 is 1.26 bits per heavy atom. The summed E-state index contributed by atoms with van der Waals surface area (Å²) in [7, 11) is 0. The average molecular weight is 278 g/mol. The van der Waals surface area contributed by atoms with Crippen LogP contribution in [-0.4, -0.2) is 20.2 Å². The Kier molecular flexibility index (Phi) is 3.11. The summed E-state index contributed by atoms with van der Waals surface area (Å²) in [6.45, 7) is 3.67. The van der Waals surface area contributed by atoms with Crippen molar-refractivity contribution in [1.82, 2.24) is 20.2 Å². The summed E-state index contributed by atoms with van der Waals surface area (Å²) in [4.78, 5) is 9.01. The van der Waals surface area contributed by atoms with Crippen molar-refractivity contribution in [3.63, 3.8) is 0 Å². The second-order valence-electron chi connectivity index (χ2n) is 4.47. The van der Waals surface area contributed by atoms with Crippen molar-refractivity contribution in [3.05, 3.63) is 17.3 Å². The fourth-order valence-corrected chi connectivity index (χ4v) is 2.48. The average Bonchev–Trinajstić information content (AvgIpc) is 3.16. The molecule has 2 aromatic rings. The zero-order valence-electron chi connectivity index (χ0n) is 10.7. The van der Waals surface area contributed by atoms with Crippen LogP contribution in [0.25, 0.3) is 0 Å². The maximum atomic E-state index is 5.51. The van der Waals surface area contributed by atoms with Crippen LogP contribution in [0.1, 0.15) is 36.0 Å². The molecule has 2 aromatic heterocycles.